The quantitative estimate of drug-likeness (QED) is 0.149. The molecule has 8 N–H and O–H groups in total. The monoisotopic (exact) mass is 580 g/mol. The molecule has 0 aromatic carbocycles. The lowest BCUT2D eigenvalue weighted by atomic mass is 9.84. The molecular formula is C25H40N8O8. The Balaban J connectivity index is 2.31. The molecule has 1 spiro atoms. The van der Waals surface area contributed by atoms with Gasteiger partial charge in [0.05, 0.1) is 6.54 Å². The van der Waals surface area contributed by atoms with Crippen LogP contribution in [-0.2, 0) is 38.4 Å². The lowest BCUT2D eigenvalue weighted by Gasteiger charge is -2.31. The van der Waals surface area contributed by atoms with Crippen LogP contribution in [0.15, 0.2) is 0 Å². The largest absolute Gasteiger partial charge is 0.355 e. The predicted molar refractivity (Wildman–Crippen MR) is 143 cm³/mol. The number of amides is 8. The molecule has 8 amide bonds. The maximum absolute atomic E-state index is 13.5. The number of carbonyl (C=O) groups excluding carboxylic acids is 8. The second kappa shape index (κ2) is 16.1. The Hall–Kier alpha value is -4.24. The van der Waals surface area contributed by atoms with Gasteiger partial charge in [0.2, 0.25) is 47.3 Å². The lowest BCUT2D eigenvalue weighted by molar-refractivity contribution is -0.143. The highest BCUT2D eigenvalue weighted by atomic mass is 16.2. The van der Waals surface area contributed by atoms with Crippen molar-refractivity contribution in [2.75, 3.05) is 45.8 Å². The second-order valence-electron chi connectivity index (χ2n) is 10.3. The van der Waals surface area contributed by atoms with Gasteiger partial charge in [0.15, 0.2) is 5.41 Å². The molecule has 2 rings (SSSR count). The zero-order valence-electron chi connectivity index (χ0n) is 23.4. The molecule has 1 unspecified atom stereocenters. The third-order valence-electron chi connectivity index (χ3n) is 6.45. The molecule has 2 aliphatic heterocycles. The zero-order valence-corrected chi connectivity index (χ0v) is 23.4. The van der Waals surface area contributed by atoms with Crippen LogP contribution in [0.1, 0.15) is 46.0 Å². The fourth-order valence-electron chi connectivity index (χ4n) is 4.12. The average molecular weight is 581 g/mol. The Bertz CT molecular complexity index is 1030. The molecule has 2 saturated heterocycles. The van der Waals surface area contributed by atoms with Crippen LogP contribution in [-0.4, -0.2) is 99.1 Å². The van der Waals surface area contributed by atoms with Gasteiger partial charge in [0.1, 0.15) is 6.04 Å². The molecule has 2 atom stereocenters. The van der Waals surface area contributed by atoms with E-state index in [9.17, 15) is 38.4 Å². The third-order valence-corrected chi connectivity index (χ3v) is 6.45. The molecule has 0 aromatic heterocycles. The summed E-state index contributed by atoms with van der Waals surface area (Å²) in [6.45, 7) is 1.91. The van der Waals surface area contributed by atoms with E-state index in [1.54, 1.807) is 0 Å². The van der Waals surface area contributed by atoms with Crippen molar-refractivity contribution in [3.8, 4) is 0 Å². The van der Waals surface area contributed by atoms with Crippen LogP contribution < -0.4 is 42.5 Å². The van der Waals surface area contributed by atoms with Gasteiger partial charge in [0.25, 0.3) is 0 Å². The van der Waals surface area contributed by atoms with Gasteiger partial charge in [0, 0.05) is 65.0 Å². The number of hydrogen-bond donors (Lipinski definition) is 8. The minimum absolute atomic E-state index is 0.0543. The van der Waals surface area contributed by atoms with E-state index in [0.29, 0.717) is 6.42 Å². The van der Waals surface area contributed by atoms with Crippen LogP contribution in [0.25, 0.3) is 0 Å². The summed E-state index contributed by atoms with van der Waals surface area (Å²) in [6.07, 6.45) is -0.403. The minimum atomic E-state index is -2.05. The highest BCUT2D eigenvalue weighted by Crippen LogP contribution is 2.18. The fraction of sp³-hybridized carbons (Fsp3) is 0.680. The Labute approximate surface area is 237 Å². The van der Waals surface area contributed by atoms with Gasteiger partial charge in [-0.15, -0.1) is 0 Å². The van der Waals surface area contributed by atoms with E-state index >= 15 is 0 Å². The summed E-state index contributed by atoms with van der Waals surface area (Å²) in [4.78, 5) is 101. The van der Waals surface area contributed by atoms with Crippen molar-refractivity contribution < 1.29 is 38.4 Å². The SMILES string of the molecule is CC(C)C[C@@H]1NC(=O)CCNC(=O)C2(CNC(=O)CCNC(=O)CNC(=O)CCNC2=O)CNC(=O)CCNC1=O. The average Bonchev–Trinajstić information content (AvgIpc) is 2.90. The molecule has 0 bridgehead atoms. The lowest BCUT2D eigenvalue weighted by Crippen LogP contribution is -2.62. The zero-order chi connectivity index (χ0) is 30.4. The van der Waals surface area contributed by atoms with Crippen molar-refractivity contribution in [2.45, 2.75) is 52.0 Å². The molecule has 0 radical (unpaired) electrons. The van der Waals surface area contributed by atoms with Crippen molar-refractivity contribution in [1.82, 2.24) is 42.5 Å². The minimum Gasteiger partial charge on any atom is -0.355 e. The maximum Gasteiger partial charge on any atom is 0.242 e. The molecule has 228 valence electrons. The fourth-order valence-corrected chi connectivity index (χ4v) is 4.12. The van der Waals surface area contributed by atoms with Crippen molar-refractivity contribution >= 4 is 47.3 Å². The summed E-state index contributed by atoms with van der Waals surface area (Å²) in [5, 5.41) is 20.2. The topological polar surface area (TPSA) is 233 Å². The molecule has 2 fully saturated rings. The van der Waals surface area contributed by atoms with Crippen LogP contribution in [0.3, 0.4) is 0 Å². The highest BCUT2D eigenvalue weighted by Gasteiger charge is 2.46. The molecule has 0 aliphatic carbocycles. The Morgan fingerprint density at radius 2 is 1.05 bits per heavy atom. The van der Waals surface area contributed by atoms with Crippen molar-refractivity contribution in [3.05, 3.63) is 0 Å². The van der Waals surface area contributed by atoms with Crippen LogP contribution >= 0.6 is 0 Å². The van der Waals surface area contributed by atoms with E-state index in [0.717, 1.165) is 0 Å². The Kier molecular flexibility index (Phi) is 13.0. The van der Waals surface area contributed by atoms with Crippen molar-refractivity contribution in [3.63, 3.8) is 0 Å². The van der Waals surface area contributed by atoms with Gasteiger partial charge < -0.3 is 42.5 Å². The van der Waals surface area contributed by atoms with Gasteiger partial charge in [-0.25, -0.2) is 0 Å². The normalized spacial score (nSPS) is 25.4. The molecule has 16 heteroatoms. The van der Waals surface area contributed by atoms with Crippen molar-refractivity contribution in [2.24, 2.45) is 11.3 Å². The summed E-state index contributed by atoms with van der Waals surface area (Å²) in [5.41, 5.74) is -2.05. The van der Waals surface area contributed by atoms with Crippen LogP contribution in [0.5, 0.6) is 0 Å². The van der Waals surface area contributed by atoms with E-state index in [1.807, 2.05) is 13.8 Å². The van der Waals surface area contributed by atoms with E-state index in [4.69, 9.17) is 0 Å². The van der Waals surface area contributed by atoms with Gasteiger partial charge in [-0.2, -0.15) is 0 Å². The number of hydrogen-bond acceptors (Lipinski definition) is 8. The number of rotatable bonds is 2. The third kappa shape index (κ3) is 11.0. The standard InChI is InChI=1S/C25H40N8O8/c1-15(2)11-16-22(39)27-8-4-19(36)32-14-25(24(41)29-10-6-20(37)33-16)13-31-18(35)3-7-26-21(38)12-30-17(34)5-9-28-23(25)40/h15-16H,3-14H2,1-2H3,(H,26,38)(H,27,39)(H,28,40)(H,29,41)(H,30,34)(H,31,35)(H,32,36)(H,33,37)/t16-,25?/m0/s1. The van der Waals surface area contributed by atoms with Crippen LogP contribution in [0.2, 0.25) is 0 Å². The molecule has 2 aliphatic rings. The molecule has 41 heavy (non-hydrogen) atoms. The van der Waals surface area contributed by atoms with Crippen LogP contribution in [0, 0.1) is 11.3 Å². The Morgan fingerprint density at radius 1 is 0.585 bits per heavy atom. The first-order valence-electron chi connectivity index (χ1n) is 13.6. The van der Waals surface area contributed by atoms with E-state index in [-0.39, 0.29) is 64.3 Å². The predicted octanol–water partition coefficient (Wildman–Crippen LogP) is -4.10. The number of nitrogens with one attached hydrogen (secondary N) is 8. The maximum atomic E-state index is 13.5. The van der Waals surface area contributed by atoms with E-state index < -0.39 is 71.8 Å². The summed E-state index contributed by atoms with van der Waals surface area (Å²) in [7, 11) is 0. The Morgan fingerprint density at radius 3 is 1.59 bits per heavy atom. The van der Waals surface area contributed by atoms with Crippen molar-refractivity contribution in [1.29, 1.82) is 0 Å². The van der Waals surface area contributed by atoms with Gasteiger partial charge in [-0.3, -0.25) is 38.4 Å². The molecular weight excluding hydrogens is 540 g/mol. The van der Waals surface area contributed by atoms with Gasteiger partial charge >= 0.3 is 0 Å². The first kappa shape index (κ1) is 33.0. The molecule has 2 heterocycles. The summed E-state index contributed by atoms with van der Waals surface area (Å²) < 4.78 is 0. The van der Waals surface area contributed by atoms with Gasteiger partial charge in [-0.05, 0) is 12.3 Å². The summed E-state index contributed by atoms with van der Waals surface area (Å²) >= 11 is 0. The summed E-state index contributed by atoms with van der Waals surface area (Å²) in [5.74, 6) is -4.77. The number of carbonyl (C=O) groups is 8. The highest BCUT2D eigenvalue weighted by molar-refractivity contribution is 6.06. The van der Waals surface area contributed by atoms with E-state index in [2.05, 4.69) is 42.5 Å². The molecule has 0 saturated carbocycles. The second-order valence-corrected chi connectivity index (χ2v) is 10.3. The molecule has 16 nitrogen and oxygen atoms in total. The van der Waals surface area contributed by atoms with Gasteiger partial charge in [-0.1, -0.05) is 13.8 Å². The smallest absolute Gasteiger partial charge is 0.242 e. The molecule has 0 aromatic rings. The first-order chi connectivity index (χ1) is 19.4. The van der Waals surface area contributed by atoms with E-state index in [1.165, 1.54) is 0 Å². The first-order valence-corrected chi connectivity index (χ1v) is 13.6. The van der Waals surface area contributed by atoms with Crippen LogP contribution in [0.4, 0.5) is 0 Å². The summed E-state index contributed by atoms with van der Waals surface area (Å²) in [6, 6.07) is -0.829.